The van der Waals surface area contributed by atoms with Gasteiger partial charge in [0.1, 0.15) is 6.04 Å². The summed E-state index contributed by atoms with van der Waals surface area (Å²) in [5.41, 5.74) is 0. The lowest BCUT2D eigenvalue weighted by Crippen LogP contribution is -2.50. The summed E-state index contributed by atoms with van der Waals surface area (Å²) in [4.78, 5) is 46.1. The molecule has 0 fully saturated rings. The van der Waals surface area contributed by atoms with Crippen LogP contribution in [0.5, 0.6) is 0 Å². The summed E-state index contributed by atoms with van der Waals surface area (Å²) in [6.07, 6.45) is 5.98. The van der Waals surface area contributed by atoms with E-state index in [1.54, 1.807) is 19.9 Å². The molecule has 0 aliphatic rings. The van der Waals surface area contributed by atoms with Crippen LogP contribution in [0.1, 0.15) is 13.8 Å². The summed E-state index contributed by atoms with van der Waals surface area (Å²) in [6, 6.07) is -1.78. The van der Waals surface area contributed by atoms with Crippen LogP contribution in [0.2, 0.25) is 0 Å². The molecule has 0 heterocycles. The molecule has 0 bridgehead atoms. The molecule has 0 aliphatic heterocycles. The van der Waals surface area contributed by atoms with Crippen molar-refractivity contribution in [2.45, 2.75) is 25.9 Å². The van der Waals surface area contributed by atoms with E-state index < -0.39 is 29.9 Å². The second-order valence-corrected chi connectivity index (χ2v) is 4.77. The van der Waals surface area contributed by atoms with E-state index >= 15 is 0 Å². The summed E-state index contributed by atoms with van der Waals surface area (Å²) in [5, 5.41) is 12.2. The normalized spacial score (nSPS) is 13.2. The highest BCUT2D eigenvalue weighted by Crippen LogP contribution is 1.92. The van der Waals surface area contributed by atoms with E-state index in [1.165, 1.54) is 32.3 Å². The van der Waals surface area contributed by atoms with Crippen LogP contribution in [0.15, 0.2) is 24.3 Å². The highest BCUT2D eigenvalue weighted by Gasteiger charge is 2.18. The first-order valence-electron chi connectivity index (χ1n) is 7.42. The Morgan fingerprint density at radius 3 is 2.21 bits per heavy atom. The molecule has 9 nitrogen and oxygen atoms in total. The van der Waals surface area contributed by atoms with Crippen LogP contribution < -0.4 is 26.6 Å². The van der Waals surface area contributed by atoms with Crippen molar-refractivity contribution in [3.8, 4) is 0 Å². The highest BCUT2D eigenvalue weighted by molar-refractivity contribution is 5.91. The van der Waals surface area contributed by atoms with Crippen LogP contribution in [0.3, 0.4) is 0 Å². The molecule has 0 radical (unpaired) electrons. The highest BCUT2D eigenvalue weighted by atomic mass is 16.2. The summed E-state index contributed by atoms with van der Waals surface area (Å²) < 4.78 is 0. The van der Waals surface area contributed by atoms with E-state index in [-0.39, 0.29) is 12.5 Å². The zero-order chi connectivity index (χ0) is 18.5. The van der Waals surface area contributed by atoms with Crippen LogP contribution in [0, 0.1) is 0 Å². The minimum atomic E-state index is -0.884. The predicted molar refractivity (Wildman–Crippen MR) is 90.0 cm³/mol. The zero-order valence-electron chi connectivity index (χ0n) is 14.3. The van der Waals surface area contributed by atoms with Crippen molar-refractivity contribution in [3.05, 3.63) is 24.3 Å². The molecule has 9 heteroatoms. The summed E-state index contributed by atoms with van der Waals surface area (Å²) in [7, 11) is 2.93. The van der Waals surface area contributed by atoms with Crippen LogP contribution in [-0.4, -0.2) is 56.5 Å². The van der Waals surface area contributed by atoms with Gasteiger partial charge in [0.05, 0.1) is 6.54 Å². The summed E-state index contributed by atoms with van der Waals surface area (Å²) in [5.74, 6) is -1.23. The molecule has 5 N–H and O–H groups in total. The maximum Gasteiger partial charge on any atom is 0.314 e. The largest absolute Gasteiger partial charge is 0.356 e. The van der Waals surface area contributed by atoms with Gasteiger partial charge >= 0.3 is 6.03 Å². The molecule has 0 saturated carbocycles. The molecule has 24 heavy (non-hydrogen) atoms. The van der Waals surface area contributed by atoms with Gasteiger partial charge in [-0.25, -0.2) is 4.79 Å². The number of nitrogens with one attached hydrogen (secondary N) is 5. The number of carbonyl (C=O) groups is 4. The van der Waals surface area contributed by atoms with Gasteiger partial charge in [-0.15, -0.1) is 0 Å². The number of urea groups is 1. The second-order valence-electron chi connectivity index (χ2n) is 4.77. The topological polar surface area (TPSA) is 128 Å². The SMILES string of the molecule is C/C=C/[C@H](NC(=O)CNC(=O)NC)C(=O)N[C@@H](C)/C=C/C(=O)NC. The van der Waals surface area contributed by atoms with Gasteiger partial charge in [-0.2, -0.15) is 0 Å². The van der Waals surface area contributed by atoms with Gasteiger partial charge in [-0.3, -0.25) is 14.4 Å². The molecular weight excluding hydrogens is 314 g/mol. The molecular formula is C15H25N5O4. The number of amides is 5. The summed E-state index contributed by atoms with van der Waals surface area (Å²) in [6.45, 7) is 3.15. The van der Waals surface area contributed by atoms with Crippen molar-refractivity contribution in [1.82, 2.24) is 26.6 Å². The fraction of sp³-hybridized carbons (Fsp3) is 0.467. The Labute approximate surface area is 141 Å². The van der Waals surface area contributed by atoms with Gasteiger partial charge < -0.3 is 26.6 Å². The number of allylic oxidation sites excluding steroid dienone is 1. The average Bonchev–Trinajstić information content (AvgIpc) is 2.56. The maximum absolute atomic E-state index is 12.2. The smallest absolute Gasteiger partial charge is 0.314 e. The Balaban J connectivity index is 4.61. The number of hydrogen-bond acceptors (Lipinski definition) is 4. The van der Waals surface area contributed by atoms with E-state index in [2.05, 4.69) is 26.6 Å². The molecule has 5 amide bonds. The molecule has 0 saturated heterocycles. The summed E-state index contributed by atoms with van der Waals surface area (Å²) >= 11 is 0. The Morgan fingerprint density at radius 2 is 1.67 bits per heavy atom. The van der Waals surface area contributed by atoms with Crippen LogP contribution >= 0.6 is 0 Å². The molecule has 0 aromatic rings. The van der Waals surface area contributed by atoms with Crippen molar-refractivity contribution >= 4 is 23.8 Å². The van der Waals surface area contributed by atoms with Crippen molar-refractivity contribution in [2.24, 2.45) is 0 Å². The number of rotatable bonds is 8. The minimum Gasteiger partial charge on any atom is -0.356 e. The number of carbonyl (C=O) groups excluding carboxylic acids is 4. The lowest BCUT2D eigenvalue weighted by molar-refractivity contribution is -0.127. The fourth-order valence-electron chi connectivity index (χ4n) is 1.54. The third kappa shape index (κ3) is 9.23. The molecule has 0 spiro atoms. The molecule has 0 aliphatic carbocycles. The van der Waals surface area contributed by atoms with Crippen LogP contribution in [-0.2, 0) is 14.4 Å². The van der Waals surface area contributed by atoms with Gasteiger partial charge in [0.15, 0.2) is 0 Å². The van der Waals surface area contributed by atoms with Gasteiger partial charge in [0.2, 0.25) is 17.7 Å². The van der Waals surface area contributed by atoms with Crippen molar-refractivity contribution in [2.75, 3.05) is 20.6 Å². The monoisotopic (exact) mass is 339 g/mol. The Hall–Kier alpha value is -2.84. The first-order valence-corrected chi connectivity index (χ1v) is 7.42. The van der Waals surface area contributed by atoms with E-state index in [1.807, 2.05) is 0 Å². The van der Waals surface area contributed by atoms with Crippen molar-refractivity contribution < 1.29 is 19.2 Å². The Morgan fingerprint density at radius 1 is 1.00 bits per heavy atom. The first-order chi connectivity index (χ1) is 11.3. The van der Waals surface area contributed by atoms with E-state index in [0.29, 0.717) is 0 Å². The fourth-order valence-corrected chi connectivity index (χ4v) is 1.54. The van der Waals surface area contributed by atoms with Gasteiger partial charge in [0.25, 0.3) is 0 Å². The molecule has 134 valence electrons. The van der Waals surface area contributed by atoms with Crippen molar-refractivity contribution in [3.63, 3.8) is 0 Å². The second kappa shape index (κ2) is 11.7. The quantitative estimate of drug-likeness (QED) is 0.280. The van der Waals surface area contributed by atoms with E-state index in [4.69, 9.17) is 0 Å². The maximum atomic E-state index is 12.2. The van der Waals surface area contributed by atoms with Gasteiger partial charge in [0, 0.05) is 26.2 Å². The molecule has 0 aromatic carbocycles. The predicted octanol–water partition coefficient (Wildman–Crippen LogP) is -1.22. The zero-order valence-corrected chi connectivity index (χ0v) is 14.3. The molecule has 0 rings (SSSR count). The third-order valence-corrected chi connectivity index (χ3v) is 2.77. The third-order valence-electron chi connectivity index (χ3n) is 2.77. The molecule has 2 atom stereocenters. The lowest BCUT2D eigenvalue weighted by atomic mass is 10.2. The van der Waals surface area contributed by atoms with E-state index in [0.717, 1.165) is 0 Å². The first kappa shape index (κ1) is 21.2. The Kier molecular flexibility index (Phi) is 10.3. The Bertz CT molecular complexity index is 516. The van der Waals surface area contributed by atoms with Gasteiger partial charge in [-0.1, -0.05) is 18.2 Å². The van der Waals surface area contributed by atoms with E-state index in [9.17, 15) is 19.2 Å². The average molecular weight is 339 g/mol. The molecule has 0 unspecified atom stereocenters. The molecule has 0 aromatic heterocycles. The van der Waals surface area contributed by atoms with Crippen molar-refractivity contribution in [1.29, 1.82) is 0 Å². The number of hydrogen-bond donors (Lipinski definition) is 5. The minimum absolute atomic E-state index is 0.257. The lowest BCUT2D eigenvalue weighted by Gasteiger charge is -2.17. The van der Waals surface area contributed by atoms with Gasteiger partial charge in [-0.05, 0) is 13.8 Å². The van der Waals surface area contributed by atoms with Crippen LogP contribution in [0.25, 0.3) is 0 Å². The van der Waals surface area contributed by atoms with Crippen LogP contribution in [0.4, 0.5) is 4.79 Å². The number of likely N-dealkylation sites (N-methyl/N-ethyl adjacent to an activating group) is 1. The standard InChI is InChI=1S/C15H25N5O4/c1-5-6-11(20-13(22)9-18-15(24)17-4)14(23)19-10(2)7-8-12(21)16-3/h5-8,10-11H,9H2,1-4H3,(H,16,21)(H,19,23)(H,20,22)(H2,17,18,24)/b6-5+,8-7+/t10-,11-/m0/s1.